The third-order valence-electron chi connectivity index (χ3n) is 5.31. The van der Waals surface area contributed by atoms with E-state index in [1.165, 1.54) is 0 Å². The molecule has 1 amide bonds. The molecular weight excluding hydrogens is 382 g/mol. The van der Waals surface area contributed by atoms with Crippen molar-refractivity contribution in [2.24, 2.45) is 0 Å². The molecule has 6 nitrogen and oxygen atoms in total. The van der Waals surface area contributed by atoms with Crippen molar-refractivity contribution >= 4 is 11.9 Å². The van der Waals surface area contributed by atoms with Gasteiger partial charge in [0.1, 0.15) is 0 Å². The summed E-state index contributed by atoms with van der Waals surface area (Å²) in [6.45, 7) is 4.22. The van der Waals surface area contributed by atoms with E-state index in [1.54, 1.807) is 39.0 Å². The molecule has 0 aromatic heterocycles. The van der Waals surface area contributed by atoms with E-state index in [-0.39, 0.29) is 18.9 Å². The van der Waals surface area contributed by atoms with Crippen LogP contribution in [-0.4, -0.2) is 37.6 Å². The predicted molar refractivity (Wildman–Crippen MR) is 113 cm³/mol. The Morgan fingerprint density at radius 3 is 2.43 bits per heavy atom. The number of carbonyl (C=O) groups is 2. The van der Waals surface area contributed by atoms with E-state index in [0.717, 1.165) is 11.1 Å². The topological polar surface area (TPSA) is 65.1 Å². The van der Waals surface area contributed by atoms with Crippen LogP contribution in [0.5, 0.6) is 11.5 Å². The van der Waals surface area contributed by atoms with Gasteiger partial charge in [-0.3, -0.25) is 4.79 Å². The first-order chi connectivity index (χ1) is 14.5. The van der Waals surface area contributed by atoms with Gasteiger partial charge in [0.05, 0.1) is 32.9 Å². The number of esters is 1. The molecule has 30 heavy (non-hydrogen) atoms. The van der Waals surface area contributed by atoms with E-state index in [0.29, 0.717) is 29.3 Å². The average molecular weight is 409 g/mol. The van der Waals surface area contributed by atoms with Gasteiger partial charge in [0, 0.05) is 23.6 Å². The van der Waals surface area contributed by atoms with Gasteiger partial charge in [-0.2, -0.15) is 0 Å². The Hall–Kier alpha value is -3.28. The van der Waals surface area contributed by atoms with Crippen LogP contribution in [0.1, 0.15) is 37.3 Å². The fraction of sp³-hybridized carbons (Fsp3) is 0.333. The number of para-hydroxylation sites is 1. The fourth-order valence-electron chi connectivity index (χ4n) is 3.89. The zero-order chi connectivity index (χ0) is 21.7. The van der Waals surface area contributed by atoms with Crippen LogP contribution in [-0.2, 0) is 20.9 Å². The summed E-state index contributed by atoms with van der Waals surface area (Å²) in [4.78, 5) is 27.8. The number of hydrogen-bond donors (Lipinski definition) is 0. The Labute approximate surface area is 177 Å². The number of carbonyl (C=O) groups excluding carboxylic acids is 2. The molecule has 0 saturated carbocycles. The summed E-state index contributed by atoms with van der Waals surface area (Å²) >= 11 is 0. The van der Waals surface area contributed by atoms with Crippen molar-refractivity contribution in [2.75, 3.05) is 20.8 Å². The minimum Gasteiger partial charge on any atom is -0.493 e. The van der Waals surface area contributed by atoms with Gasteiger partial charge >= 0.3 is 5.97 Å². The van der Waals surface area contributed by atoms with Gasteiger partial charge in [0.15, 0.2) is 11.5 Å². The van der Waals surface area contributed by atoms with Crippen LogP contribution < -0.4 is 9.47 Å². The third-order valence-corrected chi connectivity index (χ3v) is 5.31. The van der Waals surface area contributed by atoms with Crippen LogP contribution in [0.4, 0.5) is 0 Å². The summed E-state index contributed by atoms with van der Waals surface area (Å²) in [7, 11) is 3.11. The van der Waals surface area contributed by atoms with Gasteiger partial charge in [-0.05, 0) is 25.5 Å². The maximum Gasteiger partial charge on any atom is 0.336 e. The van der Waals surface area contributed by atoms with E-state index in [1.807, 2.05) is 42.5 Å². The molecular formula is C24H27NO5. The fourth-order valence-corrected chi connectivity index (χ4v) is 3.89. The lowest BCUT2D eigenvalue weighted by molar-refractivity contribution is -0.140. The van der Waals surface area contributed by atoms with Crippen LogP contribution in [0.3, 0.4) is 0 Å². The highest BCUT2D eigenvalue weighted by molar-refractivity contribution is 5.96. The second kappa shape index (κ2) is 9.48. The number of ether oxygens (including phenoxy) is 3. The van der Waals surface area contributed by atoms with Gasteiger partial charge in [0.2, 0.25) is 5.91 Å². The first-order valence-corrected chi connectivity index (χ1v) is 9.94. The minimum absolute atomic E-state index is 0.0562. The molecule has 0 N–H and O–H groups in total. The summed E-state index contributed by atoms with van der Waals surface area (Å²) in [5.41, 5.74) is 2.79. The van der Waals surface area contributed by atoms with Gasteiger partial charge in [0.25, 0.3) is 0 Å². The van der Waals surface area contributed by atoms with Crippen LogP contribution in [0.25, 0.3) is 0 Å². The van der Waals surface area contributed by atoms with Crippen LogP contribution in [0.15, 0.2) is 59.8 Å². The van der Waals surface area contributed by atoms with Gasteiger partial charge in [-0.25, -0.2) is 4.79 Å². The second-order valence-electron chi connectivity index (χ2n) is 7.02. The standard InChI is InChI=1S/C24H27NO5/c1-5-30-24(27)22-16(2)25(15-17-10-7-6-8-11-17)21(26)14-19(22)18-12-9-13-20(28-3)23(18)29-4/h6-13,19H,5,14-15H2,1-4H3. The maximum absolute atomic E-state index is 13.1. The van der Waals surface area contributed by atoms with Crippen molar-refractivity contribution < 1.29 is 23.8 Å². The summed E-state index contributed by atoms with van der Waals surface area (Å²) in [5, 5.41) is 0. The second-order valence-corrected chi connectivity index (χ2v) is 7.02. The van der Waals surface area contributed by atoms with Crippen molar-refractivity contribution in [1.29, 1.82) is 0 Å². The highest BCUT2D eigenvalue weighted by atomic mass is 16.5. The first kappa shape index (κ1) is 21.4. The normalized spacial score (nSPS) is 16.5. The zero-order valence-corrected chi connectivity index (χ0v) is 17.8. The predicted octanol–water partition coefficient (Wildman–Crippen LogP) is 4.06. The highest BCUT2D eigenvalue weighted by Crippen LogP contribution is 2.44. The van der Waals surface area contributed by atoms with Gasteiger partial charge < -0.3 is 19.1 Å². The van der Waals surface area contributed by atoms with E-state index in [2.05, 4.69) is 0 Å². The summed E-state index contributed by atoms with van der Waals surface area (Å²) in [5.74, 6) is 0.113. The quantitative estimate of drug-likeness (QED) is 0.646. The monoisotopic (exact) mass is 409 g/mol. The number of allylic oxidation sites excluding steroid dienone is 1. The molecule has 1 aliphatic rings. The number of benzene rings is 2. The summed E-state index contributed by atoms with van der Waals surface area (Å²) < 4.78 is 16.3. The molecule has 158 valence electrons. The molecule has 2 aromatic rings. The van der Waals surface area contributed by atoms with Crippen molar-refractivity contribution in [3.05, 3.63) is 70.9 Å². The van der Waals surface area contributed by atoms with E-state index < -0.39 is 11.9 Å². The smallest absolute Gasteiger partial charge is 0.336 e. The summed E-state index contributed by atoms with van der Waals surface area (Å²) in [6.07, 6.45) is 0.141. The molecule has 0 aliphatic carbocycles. The number of nitrogens with zero attached hydrogens (tertiary/aromatic N) is 1. The average Bonchev–Trinajstić information content (AvgIpc) is 2.76. The van der Waals surface area contributed by atoms with Crippen LogP contribution >= 0.6 is 0 Å². The molecule has 6 heteroatoms. The molecule has 0 fully saturated rings. The number of hydrogen-bond acceptors (Lipinski definition) is 5. The maximum atomic E-state index is 13.1. The highest BCUT2D eigenvalue weighted by Gasteiger charge is 2.38. The SMILES string of the molecule is CCOC(=O)C1=C(C)N(Cc2ccccc2)C(=O)CC1c1cccc(OC)c1OC. The lowest BCUT2D eigenvalue weighted by Gasteiger charge is -2.35. The van der Waals surface area contributed by atoms with Gasteiger partial charge in [-0.1, -0.05) is 42.5 Å². The molecule has 1 atom stereocenters. The first-order valence-electron chi connectivity index (χ1n) is 9.94. The Balaban J connectivity index is 2.10. The number of amides is 1. The van der Waals surface area contributed by atoms with Gasteiger partial charge in [-0.15, -0.1) is 0 Å². The Kier molecular flexibility index (Phi) is 6.77. The van der Waals surface area contributed by atoms with Crippen molar-refractivity contribution in [1.82, 2.24) is 4.90 Å². The molecule has 0 saturated heterocycles. The minimum atomic E-state index is -0.478. The lowest BCUT2D eigenvalue weighted by Crippen LogP contribution is -2.38. The molecule has 1 heterocycles. The molecule has 0 radical (unpaired) electrons. The molecule has 0 spiro atoms. The number of rotatable bonds is 7. The van der Waals surface area contributed by atoms with Crippen LogP contribution in [0.2, 0.25) is 0 Å². The van der Waals surface area contributed by atoms with E-state index in [4.69, 9.17) is 14.2 Å². The van der Waals surface area contributed by atoms with E-state index >= 15 is 0 Å². The third kappa shape index (κ3) is 4.17. The molecule has 1 aliphatic heterocycles. The van der Waals surface area contributed by atoms with Crippen molar-refractivity contribution in [3.63, 3.8) is 0 Å². The Bertz CT molecular complexity index is 951. The Morgan fingerprint density at radius 2 is 1.80 bits per heavy atom. The lowest BCUT2D eigenvalue weighted by atomic mass is 9.83. The largest absolute Gasteiger partial charge is 0.493 e. The molecule has 3 rings (SSSR count). The Morgan fingerprint density at radius 1 is 1.07 bits per heavy atom. The summed E-state index contributed by atoms with van der Waals surface area (Å²) in [6, 6.07) is 15.2. The zero-order valence-electron chi connectivity index (χ0n) is 17.8. The molecule has 2 aromatic carbocycles. The van der Waals surface area contributed by atoms with Crippen molar-refractivity contribution in [2.45, 2.75) is 32.7 Å². The number of methoxy groups -OCH3 is 2. The van der Waals surface area contributed by atoms with Crippen LogP contribution in [0, 0.1) is 0 Å². The molecule has 0 bridgehead atoms. The molecule has 1 unspecified atom stereocenters. The van der Waals surface area contributed by atoms with E-state index in [9.17, 15) is 9.59 Å². The van der Waals surface area contributed by atoms with Crippen molar-refractivity contribution in [3.8, 4) is 11.5 Å².